The topological polar surface area (TPSA) is 129 Å². The van der Waals surface area contributed by atoms with Gasteiger partial charge in [-0.25, -0.2) is 22.8 Å². The van der Waals surface area contributed by atoms with Crippen LogP contribution in [0.4, 0.5) is 21.8 Å². The molecule has 2 aromatic carbocycles. The van der Waals surface area contributed by atoms with Crippen molar-refractivity contribution < 1.29 is 17.9 Å². The first kappa shape index (κ1) is 23.6. The molecular formula is C22H20ClFN6O3S. The molecule has 0 aliphatic carbocycles. The average molecular weight is 503 g/mol. The van der Waals surface area contributed by atoms with Crippen LogP contribution in [0.2, 0.25) is 5.02 Å². The van der Waals surface area contributed by atoms with Crippen molar-refractivity contribution in [1.82, 2.24) is 15.0 Å². The zero-order valence-corrected chi connectivity index (χ0v) is 19.7. The summed E-state index contributed by atoms with van der Waals surface area (Å²) in [5.74, 6) is -0.0573. The molecule has 4 N–H and O–H groups in total. The summed E-state index contributed by atoms with van der Waals surface area (Å²) in [7, 11) is -0.926. The van der Waals surface area contributed by atoms with Crippen LogP contribution in [-0.4, -0.2) is 42.6 Å². The summed E-state index contributed by atoms with van der Waals surface area (Å²) < 4.78 is 43.8. The lowest BCUT2D eigenvalue weighted by atomic mass is 10.0. The molecule has 0 fully saturated rings. The number of hydrogen-bond acceptors (Lipinski definition) is 8. The molecule has 9 nitrogen and oxygen atoms in total. The number of anilines is 3. The van der Waals surface area contributed by atoms with Crippen LogP contribution in [-0.2, 0) is 16.6 Å². The molecule has 0 saturated heterocycles. The predicted molar refractivity (Wildman–Crippen MR) is 130 cm³/mol. The Morgan fingerprint density at radius 2 is 1.82 bits per heavy atom. The van der Waals surface area contributed by atoms with Gasteiger partial charge in [-0.3, -0.25) is 4.72 Å². The summed E-state index contributed by atoms with van der Waals surface area (Å²) >= 11 is 6.14. The lowest BCUT2D eigenvalue weighted by Gasteiger charge is -2.15. The molecule has 34 heavy (non-hydrogen) atoms. The molecule has 0 saturated carbocycles. The normalized spacial score (nSPS) is 11.4. The van der Waals surface area contributed by atoms with Gasteiger partial charge in [-0.1, -0.05) is 35.9 Å². The Balaban J connectivity index is 1.79. The van der Waals surface area contributed by atoms with Crippen LogP contribution in [0.3, 0.4) is 0 Å². The Hall–Kier alpha value is -3.54. The summed E-state index contributed by atoms with van der Waals surface area (Å²) in [5, 5.41) is 15.6. The van der Waals surface area contributed by atoms with Crippen molar-refractivity contribution >= 4 is 50.1 Å². The zero-order valence-electron chi connectivity index (χ0n) is 18.1. The van der Waals surface area contributed by atoms with Crippen LogP contribution in [0.25, 0.3) is 22.2 Å². The van der Waals surface area contributed by atoms with Crippen LogP contribution in [0.5, 0.6) is 0 Å². The van der Waals surface area contributed by atoms with Crippen LogP contribution in [0.15, 0.2) is 53.6 Å². The summed E-state index contributed by atoms with van der Waals surface area (Å²) in [6.45, 7) is -0.437. The molecule has 2 aromatic heterocycles. The lowest BCUT2D eigenvalue weighted by molar-refractivity contribution is 0.281. The third-order valence-corrected chi connectivity index (χ3v) is 7.03. The van der Waals surface area contributed by atoms with E-state index in [-0.39, 0.29) is 26.7 Å². The van der Waals surface area contributed by atoms with E-state index in [0.717, 1.165) is 0 Å². The molecule has 0 radical (unpaired) electrons. The van der Waals surface area contributed by atoms with Crippen LogP contribution in [0.1, 0.15) is 5.56 Å². The fraction of sp³-hybridized carbons (Fsp3) is 0.136. The lowest BCUT2D eigenvalue weighted by Crippen LogP contribution is -2.15. The quantitative estimate of drug-likeness (QED) is 0.300. The van der Waals surface area contributed by atoms with Crippen molar-refractivity contribution in [3.63, 3.8) is 0 Å². The highest BCUT2D eigenvalue weighted by Crippen LogP contribution is 2.35. The Morgan fingerprint density at radius 3 is 2.53 bits per heavy atom. The second-order valence-corrected chi connectivity index (χ2v) is 9.18. The van der Waals surface area contributed by atoms with Gasteiger partial charge in [0, 0.05) is 36.8 Å². The largest absolute Gasteiger partial charge is 0.392 e. The third kappa shape index (κ3) is 4.32. The minimum Gasteiger partial charge on any atom is -0.392 e. The van der Waals surface area contributed by atoms with Gasteiger partial charge in [-0.2, -0.15) is 4.98 Å². The molecule has 0 aliphatic rings. The second-order valence-electron chi connectivity index (χ2n) is 7.15. The number of aromatic nitrogens is 3. The predicted octanol–water partition coefficient (Wildman–Crippen LogP) is 3.86. The number of rotatable bonds is 7. The SMILES string of the molecule is CNc1ncc2cc(-c3cccc(NS(=O)(=O)c4cccc(CO)c4Cl)c3F)c(NC)nc2n1. The van der Waals surface area contributed by atoms with E-state index in [4.69, 9.17) is 11.6 Å². The maximum Gasteiger partial charge on any atom is 0.263 e. The number of hydrogen-bond donors (Lipinski definition) is 4. The number of pyridine rings is 1. The Labute approximate surface area is 200 Å². The van der Waals surface area contributed by atoms with Gasteiger partial charge in [0.25, 0.3) is 10.0 Å². The number of benzene rings is 2. The van der Waals surface area contributed by atoms with E-state index in [1.165, 1.54) is 36.4 Å². The summed E-state index contributed by atoms with van der Waals surface area (Å²) in [6.07, 6.45) is 1.56. The van der Waals surface area contributed by atoms with Crippen molar-refractivity contribution in [2.45, 2.75) is 11.5 Å². The highest BCUT2D eigenvalue weighted by molar-refractivity contribution is 7.92. The van der Waals surface area contributed by atoms with Crippen LogP contribution >= 0.6 is 11.6 Å². The van der Waals surface area contributed by atoms with E-state index in [1.807, 2.05) is 0 Å². The van der Waals surface area contributed by atoms with Crippen molar-refractivity contribution in [2.75, 3.05) is 29.5 Å². The van der Waals surface area contributed by atoms with Crippen molar-refractivity contribution in [2.24, 2.45) is 0 Å². The number of nitrogens with one attached hydrogen (secondary N) is 3. The number of sulfonamides is 1. The smallest absolute Gasteiger partial charge is 0.263 e. The number of fused-ring (bicyclic) bond motifs is 1. The molecule has 0 spiro atoms. The average Bonchev–Trinajstić information content (AvgIpc) is 2.84. The maximum absolute atomic E-state index is 15.6. The standard InChI is InChI=1S/C22H20ClFN6O3S/c1-25-21-15(9-13-10-27-22(26-2)29-20(13)28-21)14-6-4-7-16(19(14)24)30-34(32,33)17-8-3-5-12(11-31)18(17)23/h3-10,30-31H,11H2,1-2H3,(H2,25,26,27,28,29). The summed E-state index contributed by atoms with van der Waals surface area (Å²) in [4.78, 5) is 12.6. The van der Waals surface area contributed by atoms with Gasteiger partial charge in [0.1, 0.15) is 10.7 Å². The van der Waals surface area contributed by atoms with Gasteiger partial charge in [-0.05, 0) is 23.8 Å². The molecule has 0 atom stereocenters. The van der Waals surface area contributed by atoms with Crippen LogP contribution in [0, 0.1) is 5.82 Å². The zero-order chi connectivity index (χ0) is 24.5. The van der Waals surface area contributed by atoms with E-state index in [9.17, 15) is 13.5 Å². The Kier molecular flexibility index (Phi) is 6.51. The molecule has 0 aliphatic heterocycles. The second kappa shape index (κ2) is 9.37. The first-order valence-electron chi connectivity index (χ1n) is 10.0. The van der Waals surface area contributed by atoms with Gasteiger partial charge in [-0.15, -0.1) is 0 Å². The number of aliphatic hydroxyl groups is 1. The Morgan fingerprint density at radius 1 is 1.06 bits per heavy atom. The highest BCUT2D eigenvalue weighted by Gasteiger charge is 2.23. The van der Waals surface area contributed by atoms with Crippen molar-refractivity contribution in [3.8, 4) is 11.1 Å². The molecule has 0 bridgehead atoms. The van der Waals surface area contributed by atoms with Gasteiger partial charge in [0.05, 0.1) is 17.3 Å². The first-order valence-corrected chi connectivity index (χ1v) is 11.9. The van der Waals surface area contributed by atoms with Gasteiger partial charge in [0.15, 0.2) is 11.5 Å². The van der Waals surface area contributed by atoms with E-state index in [1.54, 1.807) is 26.4 Å². The highest BCUT2D eigenvalue weighted by atomic mass is 35.5. The van der Waals surface area contributed by atoms with E-state index >= 15 is 4.39 Å². The molecular weight excluding hydrogens is 483 g/mol. The number of aliphatic hydroxyl groups excluding tert-OH is 1. The fourth-order valence-corrected chi connectivity index (χ4v) is 5.06. The summed E-state index contributed by atoms with van der Waals surface area (Å²) in [6, 6.07) is 10.2. The molecule has 2 heterocycles. The summed E-state index contributed by atoms with van der Waals surface area (Å²) in [5.41, 5.74) is 0.889. The molecule has 0 unspecified atom stereocenters. The number of nitrogens with zero attached hydrogens (tertiary/aromatic N) is 3. The maximum atomic E-state index is 15.6. The van der Waals surface area contributed by atoms with Crippen LogP contribution < -0.4 is 15.4 Å². The van der Waals surface area contributed by atoms with Crippen molar-refractivity contribution in [3.05, 3.63) is 65.1 Å². The molecule has 0 amide bonds. The fourth-order valence-electron chi connectivity index (χ4n) is 3.38. The Bertz CT molecular complexity index is 1500. The van der Waals surface area contributed by atoms with Crippen molar-refractivity contribution in [1.29, 1.82) is 0 Å². The third-order valence-electron chi connectivity index (χ3n) is 5.07. The van der Waals surface area contributed by atoms with Gasteiger partial charge < -0.3 is 15.7 Å². The molecule has 4 rings (SSSR count). The number of halogens is 2. The minimum absolute atomic E-state index is 0.117. The monoisotopic (exact) mass is 502 g/mol. The molecule has 4 aromatic rings. The van der Waals surface area contributed by atoms with Gasteiger partial charge >= 0.3 is 0 Å². The molecule has 176 valence electrons. The van der Waals surface area contributed by atoms with E-state index < -0.39 is 22.4 Å². The van der Waals surface area contributed by atoms with E-state index in [0.29, 0.717) is 28.4 Å². The minimum atomic E-state index is -4.25. The van der Waals surface area contributed by atoms with E-state index in [2.05, 4.69) is 30.3 Å². The van der Waals surface area contributed by atoms with Gasteiger partial charge in [0.2, 0.25) is 5.95 Å². The first-order chi connectivity index (χ1) is 16.3. The molecule has 12 heteroatoms.